The highest BCUT2D eigenvalue weighted by molar-refractivity contribution is 5.69. The van der Waals surface area contributed by atoms with Crippen LogP contribution in [0.3, 0.4) is 0 Å². The Bertz CT molecular complexity index is 352. The van der Waals surface area contributed by atoms with Crippen molar-refractivity contribution in [1.82, 2.24) is 10.2 Å². The summed E-state index contributed by atoms with van der Waals surface area (Å²) in [6, 6.07) is -0.147. The number of hydrogen-bond acceptors (Lipinski definition) is 4. The fourth-order valence-corrected chi connectivity index (χ4v) is 2.41. The van der Waals surface area contributed by atoms with E-state index in [0.717, 1.165) is 25.9 Å². The van der Waals surface area contributed by atoms with E-state index >= 15 is 0 Å². The number of nitrogens with zero attached hydrogens (tertiary/aromatic N) is 1. The number of hydrogen-bond donors (Lipinski definition) is 2. The van der Waals surface area contributed by atoms with E-state index in [2.05, 4.69) is 10.2 Å². The highest BCUT2D eigenvalue weighted by Crippen LogP contribution is 2.21. The molecule has 1 amide bonds. The van der Waals surface area contributed by atoms with E-state index < -0.39 is 17.7 Å². The number of ether oxygens (including phenoxy) is 1. The molecule has 1 heterocycles. The van der Waals surface area contributed by atoms with Crippen LogP contribution in [-0.2, 0) is 9.53 Å². The van der Waals surface area contributed by atoms with Gasteiger partial charge in [0.05, 0.1) is 6.42 Å². The van der Waals surface area contributed by atoms with Crippen LogP contribution in [-0.4, -0.2) is 53.8 Å². The number of nitrogens with one attached hydrogen (secondary N) is 1. The number of carboxylic acids is 1. The first kappa shape index (κ1) is 16.8. The smallest absolute Gasteiger partial charge is 0.407 e. The third-order valence-electron chi connectivity index (χ3n) is 3.41. The monoisotopic (exact) mass is 286 g/mol. The number of alkyl carbamates (subject to hydrolysis) is 1. The van der Waals surface area contributed by atoms with Crippen LogP contribution in [0.15, 0.2) is 0 Å². The van der Waals surface area contributed by atoms with Crippen molar-refractivity contribution >= 4 is 12.1 Å². The van der Waals surface area contributed by atoms with E-state index in [0.29, 0.717) is 0 Å². The Labute approximate surface area is 120 Å². The van der Waals surface area contributed by atoms with Crippen molar-refractivity contribution in [3.8, 4) is 0 Å². The van der Waals surface area contributed by atoms with Crippen LogP contribution in [0.25, 0.3) is 0 Å². The summed E-state index contributed by atoms with van der Waals surface area (Å²) >= 11 is 0. The van der Waals surface area contributed by atoms with Gasteiger partial charge >= 0.3 is 12.1 Å². The molecule has 1 aliphatic rings. The number of amides is 1. The van der Waals surface area contributed by atoms with Crippen molar-refractivity contribution in [3.05, 3.63) is 0 Å². The summed E-state index contributed by atoms with van der Waals surface area (Å²) < 4.78 is 5.25. The summed E-state index contributed by atoms with van der Waals surface area (Å²) in [5.41, 5.74) is -0.548. The van der Waals surface area contributed by atoms with Gasteiger partial charge in [0, 0.05) is 6.04 Å². The largest absolute Gasteiger partial charge is 0.481 e. The van der Waals surface area contributed by atoms with Crippen molar-refractivity contribution in [2.24, 2.45) is 5.92 Å². The summed E-state index contributed by atoms with van der Waals surface area (Å²) in [5, 5.41) is 11.8. The Balaban J connectivity index is 2.65. The average molecular weight is 286 g/mol. The summed E-state index contributed by atoms with van der Waals surface area (Å²) in [4.78, 5) is 25.0. The number of rotatable bonds is 3. The molecular formula is C14H26N2O4. The second-order valence-corrected chi connectivity index (χ2v) is 6.49. The van der Waals surface area contributed by atoms with Crippen molar-refractivity contribution < 1.29 is 19.4 Å². The molecule has 2 atom stereocenters. The second kappa shape index (κ2) is 6.92. The van der Waals surface area contributed by atoms with Crippen molar-refractivity contribution in [2.75, 3.05) is 20.1 Å². The second-order valence-electron chi connectivity index (χ2n) is 6.49. The first-order valence-corrected chi connectivity index (χ1v) is 7.07. The van der Waals surface area contributed by atoms with Crippen LogP contribution in [0.2, 0.25) is 0 Å². The molecule has 0 aliphatic carbocycles. The van der Waals surface area contributed by atoms with E-state index in [1.165, 1.54) is 0 Å². The van der Waals surface area contributed by atoms with Crippen LogP contribution >= 0.6 is 0 Å². The minimum absolute atomic E-state index is 0.0510. The lowest BCUT2D eigenvalue weighted by Gasteiger charge is -2.27. The maximum absolute atomic E-state index is 11.9. The van der Waals surface area contributed by atoms with Crippen LogP contribution in [0.1, 0.15) is 40.0 Å². The average Bonchev–Trinajstić information content (AvgIpc) is 2.41. The van der Waals surface area contributed by atoms with Gasteiger partial charge < -0.3 is 20.1 Å². The molecule has 2 N–H and O–H groups in total. The molecule has 20 heavy (non-hydrogen) atoms. The van der Waals surface area contributed by atoms with Gasteiger partial charge in [-0.3, -0.25) is 4.79 Å². The molecule has 0 aromatic carbocycles. The van der Waals surface area contributed by atoms with E-state index in [1.807, 2.05) is 27.8 Å². The van der Waals surface area contributed by atoms with E-state index in [-0.39, 0.29) is 18.4 Å². The van der Waals surface area contributed by atoms with Gasteiger partial charge in [-0.25, -0.2) is 4.79 Å². The van der Waals surface area contributed by atoms with Gasteiger partial charge in [-0.1, -0.05) is 0 Å². The topological polar surface area (TPSA) is 78.9 Å². The molecule has 0 spiro atoms. The van der Waals surface area contributed by atoms with E-state index in [1.54, 1.807) is 0 Å². The van der Waals surface area contributed by atoms with Crippen LogP contribution in [0.5, 0.6) is 0 Å². The fourth-order valence-electron chi connectivity index (χ4n) is 2.41. The van der Waals surface area contributed by atoms with Crippen molar-refractivity contribution in [1.29, 1.82) is 0 Å². The Morgan fingerprint density at radius 2 is 1.90 bits per heavy atom. The summed E-state index contributed by atoms with van der Waals surface area (Å²) in [7, 11) is 2.01. The van der Waals surface area contributed by atoms with Gasteiger partial charge in [0.25, 0.3) is 0 Å². The molecule has 0 bridgehead atoms. The molecule has 0 radical (unpaired) electrons. The lowest BCUT2D eigenvalue weighted by Crippen LogP contribution is -2.43. The molecule has 1 fully saturated rings. The predicted octanol–water partition coefficient (Wildman–Crippen LogP) is 1.70. The maximum atomic E-state index is 11.9. The summed E-state index contributed by atoms with van der Waals surface area (Å²) in [6.07, 6.45) is 1.12. The standard InChI is InChI=1S/C14H26N2O4/c1-14(2,3)20-13(19)15-11-6-8-16(4)7-5-10(11)9-12(17)18/h10-11H,5-9H2,1-4H3,(H,15,19)(H,17,18). The number of likely N-dealkylation sites (tertiary alicyclic amines) is 1. The fraction of sp³-hybridized carbons (Fsp3) is 0.857. The summed E-state index contributed by atoms with van der Waals surface area (Å²) in [5.74, 6) is -0.875. The molecule has 1 aliphatic heterocycles. The zero-order valence-corrected chi connectivity index (χ0v) is 12.8. The maximum Gasteiger partial charge on any atom is 0.407 e. The number of carbonyl (C=O) groups is 2. The molecule has 0 aromatic heterocycles. The lowest BCUT2D eigenvalue weighted by molar-refractivity contribution is -0.138. The molecule has 1 rings (SSSR count). The molecule has 116 valence electrons. The molecule has 6 nitrogen and oxygen atoms in total. The van der Waals surface area contributed by atoms with Crippen molar-refractivity contribution in [2.45, 2.75) is 51.7 Å². The van der Waals surface area contributed by atoms with Gasteiger partial charge in [-0.05, 0) is 59.7 Å². The highest BCUT2D eigenvalue weighted by atomic mass is 16.6. The molecule has 2 unspecified atom stereocenters. The third kappa shape index (κ3) is 6.23. The predicted molar refractivity (Wildman–Crippen MR) is 75.6 cm³/mol. The van der Waals surface area contributed by atoms with Gasteiger partial charge in [-0.2, -0.15) is 0 Å². The molecule has 1 saturated heterocycles. The Morgan fingerprint density at radius 1 is 1.30 bits per heavy atom. The van der Waals surface area contributed by atoms with Gasteiger partial charge in [0.1, 0.15) is 5.60 Å². The molecule has 0 aromatic rings. The van der Waals surface area contributed by atoms with Gasteiger partial charge in [0.2, 0.25) is 0 Å². The van der Waals surface area contributed by atoms with E-state index in [9.17, 15) is 9.59 Å². The third-order valence-corrected chi connectivity index (χ3v) is 3.41. The summed E-state index contributed by atoms with van der Waals surface area (Å²) in [6.45, 7) is 7.12. The molecule has 0 saturated carbocycles. The Kier molecular flexibility index (Phi) is 5.80. The molecule has 6 heteroatoms. The van der Waals surface area contributed by atoms with E-state index in [4.69, 9.17) is 9.84 Å². The normalized spacial score (nSPS) is 24.8. The number of carbonyl (C=O) groups excluding carboxylic acids is 1. The first-order valence-electron chi connectivity index (χ1n) is 7.07. The zero-order valence-electron chi connectivity index (χ0n) is 12.8. The quantitative estimate of drug-likeness (QED) is 0.825. The Hall–Kier alpha value is -1.30. The Morgan fingerprint density at radius 3 is 2.45 bits per heavy atom. The van der Waals surface area contributed by atoms with Crippen LogP contribution < -0.4 is 5.32 Å². The molecular weight excluding hydrogens is 260 g/mol. The minimum atomic E-state index is -0.824. The van der Waals surface area contributed by atoms with Gasteiger partial charge in [0.15, 0.2) is 0 Å². The van der Waals surface area contributed by atoms with Crippen LogP contribution in [0.4, 0.5) is 4.79 Å². The zero-order chi connectivity index (χ0) is 15.3. The van der Waals surface area contributed by atoms with Crippen molar-refractivity contribution in [3.63, 3.8) is 0 Å². The first-order chi connectivity index (χ1) is 9.17. The van der Waals surface area contributed by atoms with Crippen LogP contribution in [0, 0.1) is 5.92 Å². The van der Waals surface area contributed by atoms with Gasteiger partial charge in [-0.15, -0.1) is 0 Å². The minimum Gasteiger partial charge on any atom is -0.481 e. The highest BCUT2D eigenvalue weighted by Gasteiger charge is 2.29. The SMILES string of the molecule is CN1CCC(CC(=O)O)C(NC(=O)OC(C)(C)C)CC1. The lowest BCUT2D eigenvalue weighted by atomic mass is 9.92. The number of carboxylic acid groups (broad SMARTS) is 1. The number of aliphatic carboxylic acids is 1.